The average Bonchev–Trinajstić information content (AvgIpc) is 2.55. The summed E-state index contributed by atoms with van der Waals surface area (Å²) in [6.07, 6.45) is 2.82. The fourth-order valence-electron chi connectivity index (χ4n) is 0.962. The number of allylic oxidation sites excluding steroid dienone is 1. The van der Waals surface area contributed by atoms with Crippen molar-refractivity contribution in [2.75, 3.05) is 6.54 Å². The van der Waals surface area contributed by atoms with Crippen molar-refractivity contribution in [1.82, 2.24) is 10.3 Å². The molecule has 3 heteroatoms. The van der Waals surface area contributed by atoms with Crippen molar-refractivity contribution in [3.63, 3.8) is 0 Å². The molecule has 1 aromatic rings. The van der Waals surface area contributed by atoms with Gasteiger partial charge in [0.05, 0.1) is 5.01 Å². The van der Waals surface area contributed by atoms with E-state index < -0.39 is 0 Å². The Morgan fingerprint density at radius 1 is 1.57 bits per heavy atom. The summed E-state index contributed by atoms with van der Waals surface area (Å²) >= 11 is 1.70. The van der Waals surface area contributed by atoms with Gasteiger partial charge in [-0.3, -0.25) is 0 Å². The minimum absolute atomic E-state index is 0.142. The third-order valence-electron chi connectivity index (χ3n) is 2.07. The van der Waals surface area contributed by atoms with Crippen LogP contribution in [0.3, 0.4) is 0 Å². The van der Waals surface area contributed by atoms with E-state index in [-0.39, 0.29) is 5.41 Å². The number of hydrogen-bond donors (Lipinski definition) is 1. The van der Waals surface area contributed by atoms with Crippen molar-refractivity contribution in [3.05, 3.63) is 28.9 Å². The van der Waals surface area contributed by atoms with Gasteiger partial charge in [0, 0.05) is 35.7 Å². The zero-order valence-corrected chi connectivity index (χ0v) is 9.95. The Bertz CT molecular complexity index is 283. The van der Waals surface area contributed by atoms with Crippen molar-refractivity contribution in [1.29, 1.82) is 0 Å². The maximum Gasteiger partial charge on any atom is 0.0942 e. The summed E-state index contributed by atoms with van der Waals surface area (Å²) in [6, 6.07) is 0. The quantitative estimate of drug-likeness (QED) is 0.826. The van der Waals surface area contributed by atoms with E-state index in [1.807, 2.05) is 11.6 Å². The van der Waals surface area contributed by atoms with Crippen molar-refractivity contribution in [2.45, 2.75) is 27.2 Å². The lowest BCUT2D eigenvalue weighted by Gasteiger charge is -2.22. The summed E-state index contributed by atoms with van der Waals surface area (Å²) in [7, 11) is 0. The van der Waals surface area contributed by atoms with Gasteiger partial charge in [-0.05, 0) is 0 Å². The van der Waals surface area contributed by atoms with E-state index in [1.165, 1.54) is 5.01 Å². The summed E-state index contributed by atoms with van der Waals surface area (Å²) in [6.45, 7) is 11.4. The molecule has 0 bridgehead atoms. The summed E-state index contributed by atoms with van der Waals surface area (Å²) in [5.41, 5.74) is 1.23. The summed E-state index contributed by atoms with van der Waals surface area (Å²) < 4.78 is 0. The lowest BCUT2D eigenvalue weighted by Crippen LogP contribution is -2.25. The van der Waals surface area contributed by atoms with Gasteiger partial charge in [-0.25, -0.2) is 4.98 Å². The second-order valence-corrected chi connectivity index (χ2v) is 5.31. The molecule has 78 valence electrons. The molecule has 0 amide bonds. The van der Waals surface area contributed by atoms with Crippen LogP contribution in [0.5, 0.6) is 0 Å². The number of nitrogens with zero attached hydrogens (tertiary/aromatic N) is 1. The van der Waals surface area contributed by atoms with Crippen molar-refractivity contribution in [3.8, 4) is 0 Å². The number of thiazole rings is 1. The highest BCUT2D eigenvalue weighted by molar-refractivity contribution is 7.09. The lowest BCUT2D eigenvalue weighted by atomic mass is 9.93. The van der Waals surface area contributed by atoms with Crippen LogP contribution < -0.4 is 5.32 Å². The summed E-state index contributed by atoms with van der Waals surface area (Å²) in [4.78, 5) is 4.22. The third-order valence-corrected chi connectivity index (χ3v) is 2.91. The average molecular weight is 210 g/mol. The van der Waals surface area contributed by atoms with E-state index in [9.17, 15) is 0 Å². The van der Waals surface area contributed by atoms with Crippen LogP contribution in [-0.2, 0) is 6.42 Å². The van der Waals surface area contributed by atoms with Crippen molar-refractivity contribution >= 4 is 11.3 Å². The van der Waals surface area contributed by atoms with Crippen LogP contribution in [0.2, 0.25) is 0 Å². The summed E-state index contributed by atoms with van der Waals surface area (Å²) in [5.74, 6) is 0. The van der Waals surface area contributed by atoms with Crippen LogP contribution in [0.15, 0.2) is 23.9 Å². The third kappa shape index (κ3) is 3.50. The monoisotopic (exact) mass is 210 g/mol. The smallest absolute Gasteiger partial charge is 0.0942 e. The van der Waals surface area contributed by atoms with E-state index in [2.05, 4.69) is 37.7 Å². The van der Waals surface area contributed by atoms with E-state index >= 15 is 0 Å². The maximum atomic E-state index is 4.22. The second-order valence-electron chi connectivity index (χ2n) is 4.33. The standard InChI is InChI=1S/C11H18N2S/c1-9(11(2,3)4)12-6-5-10-13-7-8-14-10/h7-8,12H,1,5-6H2,2-4H3. The Morgan fingerprint density at radius 3 is 2.79 bits per heavy atom. The van der Waals surface area contributed by atoms with Gasteiger partial charge >= 0.3 is 0 Å². The van der Waals surface area contributed by atoms with Crippen LogP contribution >= 0.6 is 11.3 Å². The van der Waals surface area contributed by atoms with Gasteiger partial charge in [-0.1, -0.05) is 27.4 Å². The first-order valence-electron chi connectivity index (χ1n) is 4.82. The van der Waals surface area contributed by atoms with Gasteiger partial charge in [-0.2, -0.15) is 0 Å². The molecule has 1 rings (SSSR count). The SMILES string of the molecule is C=C(NCCc1nccs1)C(C)(C)C. The molecule has 1 N–H and O–H groups in total. The van der Waals surface area contributed by atoms with Crippen molar-refractivity contribution < 1.29 is 0 Å². The van der Waals surface area contributed by atoms with Gasteiger partial charge in [0.2, 0.25) is 0 Å². The van der Waals surface area contributed by atoms with Crippen LogP contribution in [0.1, 0.15) is 25.8 Å². The molecule has 0 saturated carbocycles. The molecule has 0 atom stereocenters. The van der Waals surface area contributed by atoms with Gasteiger partial charge in [0.25, 0.3) is 0 Å². The molecule has 0 radical (unpaired) electrons. The maximum absolute atomic E-state index is 4.22. The molecule has 0 saturated heterocycles. The lowest BCUT2D eigenvalue weighted by molar-refractivity contribution is 0.463. The molecule has 0 aromatic carbocycles. The summed E-state index contributed by atoms with van der Waals surface area (Å²) in [5, 5.41) is 6.52. The first-order valence-corrected chi connectivity index (χ1v) is 5.70. The molecule has 0 aliphatic carbocycles. The predicted molar refractivity (Wildman–Crippen MR) is 62.4 cm³/mol. The molecule has 0 aliphatic rings. The number of rotatable bonds is 4. The predicted octanol–water partition coefficient (Wildman–Crippen LogP) is 2.84. The Kier molecular flexibility index (Phi) is 3.69. The van der Waals surface area contributed by atoms with Gasteiger partial charge in [-0.15, -0.1) is 11.3 Å². The Hall–Kier alpha value is -0.830. The van der Waals surface area contributed by atoms with E-state index in [4.69, 9.17) is 0 Å². The highest BCUT2D eigenvalue weighted by Gasteiger charge is 2.13. The first-order chi connectivity index (χ1) is 6.50. The zero-order valence-electron chi connectivity index (χ0n) is 9.13. The Labute approximate surface area is 90.1 Å². The van der Waals surface area contributed by atoms with Gasteiger partial charge < -0.3 is 5.32 Å². The van der Waals surface area contributed by atoms with Crippen LogP contribution in [-0.4, -0.2) is 11.5 Å². The minimum atomic E-state index is 0.142. The molecule has 1 heterocycles. The van der Waals surface area contributed by atoms with Crippen LogP contribution in [0, 0.1) is 5.41 Å². The molecule has 0 spiro atoms. The first kappa shape index (κ1) is 11.2. The fraction of sp³-hybridized carbons (Fsp3) is 0.545. The molecule has 1 aromatic heterocycles. The number of nitrogens with one attached hydrogen (secondary N) is 1. The van der Waals surface area contributed by atoms with E-state index in [1.54, 1.807) is 11.3 Å². The molecular weight excluding hydrogens is 192 g/mol. The minimum Gasteiger partial charge on any atom is -0.388 e. The Morgan fingerprint density at radius 2 is 2.29 bits per heavy atom. The normalized spacial score (nSPS) is 11.4. The van der Waals surface area contributed by atoms with E-state index in [0.29, 0.717) is 0 Å². The Balaban J connectivity index is 2.26. The largest absolute Gasteiger partial charge is 0.388 e. The number of aromatic nitrogens is 1. The van der Waals surface area contributed by atoms with Crippen LogP contribution in [0.4, 0.5) is 0 Å². The molecule has 2 nitrogen and oxygen atoms in total. The van der Waals surface area contributed by atoms with E-state index in [0.717, 1.165) is 18.7 Å². The molecule has 0 unspecified atom stereocenters. The topological polar surface area (TPSA) is 24.9 Å². The number of hydrogen-bond acceptors (Lipinski definition) is 3. The highest BCUT2D eigenvalue weighted by atomic mass is 32.1. The van der Waals surface area contributed by atoms with Gasteiger partial charge in [0.1, 0.15) is 0 Å². The van der Waals surface area contributed by atoms with Crippen LogP contribution in [0.25, 0.3) is 0 Å². The van der Waals surface area contributed by atoms with Crippen molar-refractivity contribution in [2.24, 2.45) is 5.41 Å². The molecule has 0 aliphatic heterocycles. The highest BCUT2D eigenvalue weighted by Crippen LogP contribution is 2.20. The fourth-order valence-corrected chi connectivity index (χ4v) is 1.58. The van der Waals surface area contributed by atoms with Gasteiger partial charge in [0.15, 0.2) is 0 Å². The molecular formula is C11H18N2S. The molecule has 0 fully saturated rings. The second kappa shape index (κ2) is 4.60. The molecule has 14 heavy (non-hydrogen) atoms. The zero-order chi connectivity index (χ0) is 10.6.